The summed E-state index contributed by atoms with van der Waals surface area (Å²) in [6.45, 7) is 3.83. The van der Waals surface area contributed by atoms with Gasteiger partial charge in [0.2, 0.25) is 0 Å². The van der Waals surface area contributed by atoms with Crippen molar-refractivity contribution in [1.82, 2.24) is 0 Å². The van der Waals surface area contributed by atoms with Gasteiger partial charge < -0.3 is 0 Å². The molecule has 2 heteroatoms. The van der Waals surface area contributed by atoms with Crippen LogP contribution in [0.1, 0.15) is 0 Å². The predicted molar refractivity (Wildman–Crippen MR) is 56.4 cm³/mol. The number of benzene rings is 1. The molecule has 0 aliphatic rings. The van der Waals surface area contributed by atoms with Crippen LogP contribution in [0.5, 0.6) is 0 Å². The highest BCUT2D eigenvalue weighted by molar-refractivity contribution is 8.03. The zero-order chi connectivity index (χ0) is 8.81. The van der Waals surface area contributed by atoms with Crippen molar-refractivity contribution in [2.24, 2.45) is 0 Å². The summed E-state index contributed by atoms with van der Waals surface area (Å²) >= 11 is 7.01. The fourth-order valence-corrected chi connectivity index (χ4v) is 1.70. The van der Waals surface area contributed by atoms with Crippen LogP contribution in [0.4, 0.5) is 0 Å². The van der Waals surface area contributed by atoms with Crippen LogP contribution in [-0.4, -0.2) is 0 Å². The third-order valence-corrected chi connectivity index (χ3v) is 2.27. The lowest BCUT2D eigenvalue weighted by Crippen LogP contribution is -1.69. The third-order valence-electron chi connectivity index (χ3n) is 1.24. The normalized spacial score (nSPS) is 10.4. The summed E-state index contributed by atoms with van der Waals surface area (Å²) in [7, 11) is 0. The highest BCUT2D eigenvalue weighted by atomic mass is 35.5. The Morgan fingerprint density at radius 3 is 2.58 bits per heavy atom. The first kappa shape index (κ1) is 9.43. The smallest absolute Gasteiger partial charge is 0.0122 e. The molecule has 0 saturated carbocycles. The minimum atomic E-state index is 0.941. The second kappa shape index (κ2) is 5.07. The lowest BCUT2D eigenvalue weighted by molar-refractivity contribution is 1.47. The molecule has 62 valence electrons. The van der Waals surface area contributed by atoms with E-state index in [1.165, 1.54) is 10.4 Å². The Kier molecular flexibility index (Phi) is 3.98. The molecule has 0 fully saturated rings. The Balaban J connectivity index is 2.59. The van der Waals surface area contributed by atoms with Gasteiger partial charge in [0.1, 0.15) is 0 Å². The number of allylic oxidation sites excluding steroid dienone is 1. The summed E-state index contributed by atoms with van der Waals surface area (Å²) < 4.78 is 0. The topological polar surface area (TPSA) is 0 Å². The molecule has 0 nitrogen and oxygen atoms in total. The molecule has 0 atom stereocenters. The molecule has 0 bridgehead atoms. The van der Waals surface area contributed by atoms with Crippen LogP contribution in [-0.2, 0) is 0 Å². The van der Waals surface area contributed by atoms with Crippen molar-refractivity contribution >= 4 is 23.4 Å². The Morgan fingerprint density at radius 1 is 1.33 bits per heavy atom. The van der Waals surface area contributed by atoms with E-state index in [0.717, 1.165) is 4.91 Å². The number of hydrogen-bond donors (Lipinski definition) is 0. The second-order valence-corrected chi connectivity index (χ2v) is 3.63. The van der Waals surface area contributed by atoms with E-state index in [-0.39, 0.29) is 0 Å². The number of halogens is 1. The number of hydrogen-bond acceptors (Lipinski definition) is 1. The molecule has 1 aromatic rings. The largest absolute Gasteiger partial charge is 0.0929 e. The van der Waals surface area contributed by atoms with Crippen molar-refractivity contribution < 1.29 is 0 Å². The van der Waals surface area contributed by atoms with Gasteiger partial charge in [-0.15, -0.1) is 0 Å². The van der Waals surface area contributed by atoms with Gasteiger partial charge in [0.05, 0.1) is 0 Å². The zero-order valence-electron chi connectivity index (χ0n) is 6.53. The van der Waals surface area contributed by atoms with Crippen molar-refractivity contribution in [2.75, 3.05) is 0 Å². The quantitative estimate of drug-likeness (QED) is 0.519. The van der Waals surface area contributed by atoms with E-state index in [1.54, 1.807) is 17.8 Å². The maximum atomic E-state index is 5.41. The van der Waals surface area contributed by atoms with E-state index in [0.29, 0.717) is 0 Å². The predicted octanol–water partition coefficient (Wildman–Crippen LogP) is 4.04. The van der Waals surface area contributed by atoms with Gasteiger partial charge in [0, 0.05) is 15.3 Å². The zero-order valence-corrected chi connectivity index (χ0v) is 8.11. The summed E-state index contributed by atoms with van der Waals surface area (Å²) in [6, 6.07) is 10.1. The Bertz CT molecular complexity index is 277. The average Bonchev–Trinajstić information content (AvgIpc) is 2.06. The average molecular weight is 197 g/mol. The summed E-state index contributed by atoms with van der Waals surface area (Å²) in [5.41, 5.74) is 1.47. The van der Waals surface area contributed by atoms with Gasteiger partial charge in [-0.1, -0.05) is 48.1 Å². The van der Waals surface area contributed by atoms with E-state index in [2.05, 4.69) is 6.58 Å². The molecular weight excluding hydrogens is 188 g/mol. The highest BCUT2D eigenvalue weighted by Crippen LogP contribution is 2.25. The first-order valence-electron chi connectivity index (χ1n) is 3.51. The SMILES string of the molecule is C=C(/C=C/Cl)Sc1ccccc1. The molecule has 0 aliphatic carbocycles. The molecule has 0 spiro atoms. The lowest BCUT2D eigenvalue weighted by atomic mass is 10.4. The molecule has 0 N–H and O–H groups in total. The molecule has 0 unspecified atom stereocenters. The third kappa shape index (κ3) is 3.16. The number of thioether (sulfide) groups is 1. The molecule has 1 aromatic carbocycles. The van der Waals surface area contributed by atoms with E-state index in [9.17, 15) is 0 Å². The summed E-state index contributed by atoms with van der Waals surface area (Å²) in [6.07, 6.45) is 1.78. The molecule has 1 rings (SSSR count). The molecular formula is C10H9ClS. The lowest BCUT2D eigenvalue weighted by Gasteiger charge is -1.98. The van der Waals surface area contributed by atoms with Gasteiger partial charge in [0.15, 0.2) is 0 Å². The standard InChI is InChI=1S/C10H9ClS/c1-9(7-8-11)12-10-5-3-2-4-6-10/h2-8H,1H2/b8-7+. The van der Waals surface area contributed by atoms with Crippen molar-refractivity contribution in [3.63, 3.8) is 0 Å². The van der Waals surface area contributed by atoms with Gasteiger partial charge in [0.25, 0.3) is 0 Å². The van der Waals surface area contributed by atoms with Crippen LogP contribution in [0.25, 0.3) is 0 Å². The maximum absolute atomic E-state index is 5.41. The minimum Gasteiger partial charge on any atom is -0.0929 e. The molecule has 0 saturated heterocycles. The van der Waals surface area contributed by atoms with Crippen molar-refractivity contribution in [2.45, 2.75) is 4.90 Å². The molecule has 0 aromatic heterocycles. The van der Waals surface area contributed by atoms with Crippen LogP contribution in [0, 0.1) is 0 Å². The molecule has 0 radical (unpaired) electrons. The fraction of sp³-hybridized carbons (Fsp3) is 0. The number of rotatable bonds is 3. The summed E-state index contributed by atoms with van der Waals surface area (Å²) in [5.74, 6) is 0. The van der Waals surface area contributed by atoms with Crippen molar-refractivity contribution in [1.29, 1.82) is 0 Å². The van der Waals surface area contributed by atoms with Gasteiger partial charge in [-0.3, -0.25) is 0 Å². The highest BCUT2D eigenvalue weighted by Gasteiger charge is 1.92. The van der Waals surface area contributed by atoms with Crippen LogP contribution < -0.4 is 0 Å². The van der Waals surface area contributed by atoms with Crippen LogP contribution in [0.3, 0.4) is 0 Å². The van der Waals surface area contributed by atoms with Crippen molar-refractivity contribution in [3.8, 4) is 0 Å². The molecule has 12 heavy (non-hydrogen) atoms. The second-order valence-electron chi connectivity index (χ2n) is 2.17. The van der Waals surface area contributed by atoms with Gasteiger partial charge in [-0.25, -0.2) is 0 Å². The molecule has 0 amide bonds. The van der Waals surface area contributed by atoms with E-state index < -0.39 is 0 Å². The van der Waals surface area contributed by atoms with Gasteiger partial charge in [-0.05, 0) is 18.2 Å². The maximum Gasteiger partial charge on any atom is 0.0122 e. The first-order valence-corrected chi connectivity index (χ1v) is 4.77. The van der Waals surface area contributed by atoms with Crippen LogP contribution in [0.15, 0.2) is 58.3 Å². The van der Waals surface area contributed by atoms with Crippen LogP contribution >= 0.6 is 23.4 Å². The van der Waals surface area contributed by atoms with Gasteiger partial charge in [-0.2, -0.15) is 0 Å². The Labute approximate surface area is 81.9 Å². The Morgan fingerprint density at radius 2 is 2.00 bits per heavy atom. The summed E-state index contributed by atoms with van der Waals surface area (Å²) in [5, 5.41) is 0. The van der Waals surface area contributed by atoms with E-state index in [4.69, 9.17) is 11.6 Å². The van der Waals surface area contributed by atoms with Gasteiger partial charge >= 0.3 is 0 Å². The Hall–Kier alpha value is -0.660. The van der Waals surface area contributed by atoms with Crippen molar-refractivity contribution in [3.05, 3.63) is 53.4 Å². The monoisotopic (exact) mass is 196 g/mol. The molecule has 0 heterocycles. The van der Waals surface area contributed by atoms with E-state index >= 15 is 0 Å². The fourth-order valence-electron chi connectivity index (χ4n) is 0.744. The van der Waals surface area contributed by atoms with Crippen LogP contribution in [0.2, 0.25) is 0 Å². The first-order chi connectivity index (χ1) is 5.83. The summed E-state index contributed by atoms with van der Waals surface area (Å²) in [4.78, 5) is 2.12. The minimum absolute atomic E-state index is 0.941. The molecule has 0 aliphatic heterocycles. The van der Waals surface area contributed by atoms with E-state index in [1.807, 2.05) is 30.3 Å².